The third kappa shape index (κ3) is 4.28. The number of nitrogens with one attached hydrogen (secondary N) is 1. The summed E-state index contributed by atoms with van der Waals surface area (Å²) in [5.74, 6) is -0.810. The summed E-state index contributed by atoms with van der Waals surface area (Å²) >= 11 is 0. The van der Waals surface area contributed by atoms with Gasteiger partial charge in [0.15, 0.2) is 0 Å². The topological polar surface area (TPSA) is 103 Å². The lowest BCUT2D eigenvalue weighted by atomic mass is 10.4. The van der Waals surface area contributed by atoms with Gasteiger partial charge in [-0.1, -0.05) is 0 Å². The first-order chi connectivity index (χ1) is 8.52. The number of carbonyl (C=O) groups excluding carboxylic acids is 2. The van der Waals surface area contributed by atoms with Crippen molar-refractivity contribution < 1.29 is 14.3 Å². The van der Waals surface area contributed by atoms with Crippen LogP contribution in [0.5, 0.6) is 0 Å². The van der Waals surface area contributed by atoms with E-state index in [1.165, 1.54) is 25.4 Å². The Labute approximate surface area is 104 Å². The number of nitrogens with two attached hydrogens (primary N) is 1. The zero-order chi connectivity index (χ0) is 13.5. The van der Waals surface area contributed by atoms with E-state index in [0.29, 0.717) is 5.69 Å². The van der Waals surface area contributed by atoms with Crippen LogP contribution in [0.4, 0.5) is 5.69 Å². The summed E-state index contributed by atoms with van der Waals surface area (Å²) in [5.41, 5.74) is 5.54. The van der Waals surface area contributed by atoms with Crippen LogP contribution in [0.2, 0.25) is 0 Å². The van der Waals surface area contributed by atoms with Crippen molar-refractivity contribution in [2.24, 2.45) is 0 Å². The first-order valence-electron chi connectivity index (χ1n) is 5.35. The molecule has 0 aliphatic rings. The fraction of sp³-hybridized carbons (Fsp3) is 0.364. The number of rotatable bonds is 5. The fourth-order valence-corrected chi connectivity index (χ4v) is 1.24. The zero-order valence-electron chi connectivity index (χ0n) is 10.0. The van der Waals surface area contributed by atoms with Crippen LogP contribution in [0.25, 0.3) is 0 Å². The van der Waals surface area contributed by atoms with E-state index in [2.05, 4.69) is 5.32 Å². The number of carbonyl (C=O) groups is 2. The van der Waals surface area contributed by atoms with Crippen molar-refractivity contribution in [2.75, 3.05) is 19.4 Å². The summed E-state index contributed by atoms with van der Waals surface area (Å²) in [7, 11) is 1.50. The lowest BCUT2D eigenvalue weighted by Crippen LogP contribution is -2.26. The zero-order valence-corrected chi connectivity index (χ0v) is 10.0. The monoisotopic (exact) mass is 253 g/mol. The van der Waals surface area contributed by atoms with Crippen LogP contribution in [-0.2, 0) is 20.9 Å². The summed E-state index contributed by atoms with van der Waals surface area (Å²) in [5, 5.41) is 2.40. The van der Waals surface area contributed by atoms with Crippen molar-refractivity contribution in [1.29, 1.82) is 0 Å². The molecule has 18 heavy (non-hydrogen) atoms. The number of hydrogen-bond acceptors (Lipinski definition) is 5. The normalized spacial score (nSPS) is 9.83. The summed E-state index contributed by atoms with van der Waals surface area (Å²) in [6.07, 6.45) is 1.45. The lowest BCUT2D eigenvalue weighted by molar-refractivity contribution is -0.145. The van der Waals surface area contributed by atoms with Gasteiger partial charge in [-0.15, -0.1) is 0 Å². The molecule has 1 rings (SSSR count). The van der Waals surface area contributed by atoms with Gasteiger partial charge in [0.25, 0.3) is 5.56 Å². The van der Waals surface area contributed by atoms with E-state index in [-0.39, 0.29) is 31.0 Å². The molecule has 3 N–H and O–H groups in total. The maximum Gasteiger partial charge on any atom is 0.326 e. The molecule has 0 fully saturated rings. The Hall–Kier alpha value is -2.31. The molecule has 0 radical (unpaired) electrons. The second-order valence-electron chi connectivity index (χ2n) is 3.57. The Balaban J connectivity index is 2.47. The molecule has 0 spiro atoms. The minimum atomic E-state index is -0.591. The first-order valence-corrected chi connectivity index (χ1v) is 5.35. The minimum absolute atomic E-state index is 0.0183. The van der Waals surface area contributed by atoms with Crippen molar-refractivity contribution in [2.45, 2.75) is 13.0 Å². The van der Waals surface area contributed by atoms with E-state index < -0.39 is 5.97 Å². The van der Waals surface area contributed by atoms with Gasteiger partial charge in [-0.3, -0.25) is 14.4 Å². The number of nitrogen functional groups attached to an aromatic ring is 1. The summed E-state index contributed by atoms with van der Waals surface area (Å²) in [4.78, 5) is 33.6. The molecule has 98 valence electrons. The maximum absolute atomic E-state index is 11.4. The molecule has 0 unspecified atom stereocenters. The molecule has 7 nitrogen and oxygen atoms in total. The number of amides is 1. The molecule has 1 heterocycles. The highest BCUT2D eigenvalue weighted by Gasteiger charge is 2.07. The van der Waals surface area contributed by atoms with Gasteiger partial charge < -0.3 is 20.4 Å². The van der Waals surface area contributed by atoms with E-state index in [1.807, 2.05) is 0 Å². The SMILES string of the molecule is CNC(=O)CCOC(=O)Cn1cc(N)ccc1=O. The Morgan fingerprint density at radius 3 is 2.83 bits per heavy atom. The molecule has 0 saturated carbocycles. The van der Waals surface area contributed by atoms with Crippen molar-refractivity contribution in [3.8, 4) is 0 Å². The van der Waals surface area contributed by atoms with Crippen molar-refractivity contribution in [3.05, 3.63) is 28.7 Å². The largest absolute Gasteiger partial charge is 0.464 e. The molecule has 1 aromatic heterocycles. The molecule has 0 bridgehead atoms. The highest BCUT2D eigenvalue weighted by Crippen LogP contribution is 1.96. The second-order valence-corrected chi connectivity index (χ2v) is 3.57. The number of nitrogens with zero attached hydrogens (tertiary/aromatic N) is 1. The molecule has 0 aliphatic carbocycles. The van der Waals surface area contributed by atoms with E-state index in [0.717, 1.165) is 4.57 Å². The van der Waals surface area contributed by atoms with Crippen LogP contribution in [-0.4, -0.2) is 30.1 Å². The number of hydrogen-bond donors (Lipinski definition) is 2. The van der Waals surface area contributed by atoms with Crippen LogP contribution < -0.4 is 16.6 Å². The molecule has 0 saturated heterocycles. The Morgan fingerprint density at radius 2 is 2.17 bits per heavy atom. The van der Waals surface area contributed by atoms with Gasteiger partial charge in [0.05, 0.1) is 6.42 Å². The third-order valence-electron chi connectivity index (χ3n) is 2.18. The quantitative estimate of drug-likeness (QED) is 0.662. The molecular weight excluding hydrogens is 238 g/mol. The van der Waals surface area contributed by atoms with Crippen molar-refractivity contribution in [1.82, 2.24) is 9.88 Å². The summed E-state index contributed by atoms with van der Waals surface area (Å²) in [6, 6.07) is 2.73. The summed E-state index contributed by atoms with van der Waals surface area (Å²) < 4.78 is 5.96. The first kappa shape index (κ1) is 13.8. The van der Waals surface area contributed by atoms with Gasteiger partial charge in [-0.25, -0.2) is 0 Å². The fourth-order valence-electron chi connectivity index (χ4n) is 1.24. The van der Waals surface area contributed by atoms with Gasteiger partial charge in [-0.05, 0) is 6.07 Å². The molecule has 0 aromatic carbocycles. The molecule has 7 heteroatoms. The van der Waals surface area contributed by atoms with Gasteiger partial charge >= 0.3 is 5.97 Å². The predicted molar refractivity (Wildman–Crippen MR) is 64.8 cm³/mol. The predicted octanol–water partition coefficient (Wildman–Crippen LogP) is -0.890. The van der Waals surface area contributed by atoms with E-state index >= 15 is 0 Å². The van der Waals surface area contributed by atoms with Crippen LogP contribution in [0.1, 0.15) is 6.42 Å². The van der Waals surface area contributed by atoms with Gasteiger partial charge in [0.2, 0.25) is 5.91 Å². The number of esters is 1. The smallest absolute Gasteiger partial charge is 0.326 e. The van der Waals surface area contributed by atoms with Crippen LogP contribution in [0.3, 0.4) is 0 Å². The highest BCUT2D eigenvalue weighted by atomic mass is 16.5. The van der Waals surface area contributed by atoms with Crippen molar-refractivity contribution in [3.63, 3.8) is 0 Å². The van der Waals surface area contributed by atoms with Gasteiger partial charge in [0.1, 0.15) is 13.2 Å². The Morgan fingerprint density at radius 1 is 1.44 bits per heavy atom. The molecule has 1 amide bonds. The van der Waals surface area contributed by atoms with Gasteiger partial charge in [0, 0.05) is 25.0 Å². The number of pyridine rings is 1. The summed E-state index contributed by atoms with van der Waals surface area (Å²) in [6.45, 7) is -0.243. The number of anilines is 1. The third-order valence-corrected chi connectivity index (χ3v) is 2.18. The van der Waals surface area contributed by atoms with Crippen molar-refractivity contribution >= 4 is 17.6 Å². The molecule has 0 atom stereocenters. The highest BCUT2D eigenvalue weighted by molar-refractivity contribution is 5.76. The lowest BCUT2D eigenvalue weighted by Gasteiger charge is -2.07. The second kappa shape index (κ2) is 6.43. The van der Waals surface area contributed by atoms with Gasteiger partial charge in [-0.2, -0.15) is 0 Å². The number of aromatic nitrogens is 1. The average Bonchev–Trinajstić information content (AvgIpc) is 2.33. The van der Waals surface area contributed by atoms with Crippen LogP contribution in [0.15, 0.2) is 23.1 Å². The van der Waals surface area contributed by atoms with Crippen LogP contribution in [0, 0.1) is 0 Å². The average molecular weight is 253 g/mol. The molecule has 1 aromatic rings. The number of ether oxygens (including phenoxy) is 1. The van der Waals surface area contributed by atoms with E-state index in [4.69, 9.17) is 10.5 Å². The van der Waals surface area contributed by atoms with E-state index in [1.54, 1.807) is 0 Å². The molecular formula is C11H15N3O4. The van der Waals surface area contributed by atoms with Crippen LogP contribution >= 0.6 is 0 Å². The standard InChI is InChI=1S/C11H15N3O4/c1-13-9(15)4-5-18-11(17)7-14-6-8(12)2-3-10(14)16/h2-3,6H,4-5,7,12H2,1H3,(H,13,15). The molecule has 0 aliphatic heterocycles. The Bertz CT molecular complexity index is 495. The minimum Gasteiger partial charge on any atom is -0.464 e. The van der Waals surface area contributed by atoms with E-state index in [9.17, 15) is 14.4 Å². The maximum atomic E-state index is 11.4. The Kier molecular flexibility index (Phi) is 4.91.